The predicted octanol–water partition coefficient (Wildman–Crippen LogP) is 4.92. The van der Waals surface area contributed by atoms with Gasteiger partial charge in [-0.3, -0.25) is 10.1 Å². The molecule has 0 aliphatic heterocycles. The third kappa shape index (κ3) is 3.49. The second-order valence-corrected chi connectivity index (χ2v) is 5.99. The maximum absolute atomic E-state index is 11.0. The normalized spacial score (nSPS) is 10.8. The van der Waals surface area contributed by atoms with Crippen molar-refractivity contribution >= 4 is 29.1 Å². The smallest absolute Gasteiger partial charge is 0.258 e. The molecule has 1 aromatic heterocycles. The van der Waals surface area contributed by atoms with Crippen molar-refractivity contribution in [3.63, 3.8) is 0 Å². The Morgan fingerprint density at radius 1 is 1.20 bits per heavy atom. The first-order valence-electron chi connectivity index (χ1n) is 6.06. The van der Waals surface area contributed by atoms with Gasteiger partial charge in [0.15, 0.2) is 5.03 Å². The van der Waals surface area contributed by atoms with Crippen LogP contribution in [0.1, 0.15) is 25.3 Å². The van der Waals surface area contributed by atoms with Crippen molar-refractivity contribution in [2.45, 2.75) is 29.7 Å². The van der Waals surface area contributed by atoms with Crippen LogP contribution in [-0.2, 0) is 0 Å². The Labute approximate surface area is 126 Å². The summed E-state index contributed by atoms with van der Waals surface area (Å²) in [4.78, 5) is 15.5. The minimum atomic E-state index is -0.450. The average Bonchev–Trinajstić information content (AvgIpc) is 2.39. The van der Waals surface area contributed by atoms with Crippen LogP contribution in [0.3, 0.4) is 0 Å². The number of hydrogen-bond donors (Lipinski definition) is 0. The van der Waals surface area contributed by atoms with Crippen molar-refractivity contribution in [2.75, 3.05) is 0 Å². The highest BCUT2D eigenvalue weighted by molar-refractivity contribution is 7.99. The largest absolute Gasteiger partial charge is 0.301 e. The van der Waals surface area contributed by atoms with Crippen molar-refractivity contribution < 1.29 is 4.92 Å². The van der Waals surface area contributed by atoms with Crippen molar-refractivity contribution in [2.24, 2.45) is 0 Å². The molecule has 20 heavy (non-hydrogen) atoms. The molecule has 0 saturated carbocycles. The van der Waals surface area contributed by atoms with Gasteiger partial charge in [0, 0.05) is 11.0 Å². The zero-order chi connectivity index (χ0) is 14.7. The summed E-state index contributed by atoms with van der Waals surface area (Å²) in [5.41, 5.74) is 1.19. The van der Waals surface area contributed by atoms with Crippen molar-refractivity contribution in [1.29, 1.82) is 0 Å². The molecule has 104 valence electrons. The molecular weight excluding hydrogens is 296 g/mol. The fourth-order valence-electron chi connectivity index (χ4n) is 1.66. The molecule has 0 N–H and O–H groups in total. The highest BCUT2D eigenvalue weighted by atomic mass is 35.5. The predicted molar refractivity (Wildman–Crippen MR) is 80.6 cm³/mol. The van der Waals surface area contributed by atoms with Gasteiger partial charge in [-0.15, -0.1) is 0 Å². The molecule has 0 fully saturated rings. The molecule has 0 amide bonds. The molecule has 0 bridgehead atoms. The Hall–Kier alpha value is -1.59. The lowest BCUT2D eigenvalue weighted by Crippen LogP contribution is -1.93. The van der Waals surface area contributed by atoms with Gasteiger partial charge in [0.1, 0.15) is 5.15 Å². The average molecular weight is 309 g/mol. The number of hydrogen-bond acceptors (Lipinski definition) is 4. The third-order valence-corrected chi connectivity index (χ3v) is 3.98. The summed E-state index contributed by atoms with van der Waals surface area (Å²) in [5.74, 6) is 0.452. The van der Waals surface area contributed by atoms with Crippen LogP contribution in [0, 0.1) is 10.1 Å². The number of aromatic nitrogens is 1. The van der Waals surface area contributed by atoms with E-state index >= 15 is 0 Å². The molecule has 0 spiro atoms. The van der Waals surface area contributed by atoms with Crippen LogP contribution in [0.25, 0.3) is 0 Å². The van der Waals surface area contributed by atoms with E-state index in [1.54, 1.807) is 0 Å². The van der Waals surface area contributed by atoms with Crippen LogP contribution in [-0.4, -0.2) is 9.91 Å². The number of nitrogens with zero attached hydrogens (tertiary/aromatic N) is 2. The van der Waals surface area contributed by atoms with E-state index in [1.165, 1.54) is 29.5 Å². The van der Waals surface area contributed by atoms with Crippen molar-refractivity contribution in [3.05, 3.63) is 57.2 Å². The molecule has 0 unspecified atom stereocenters. The number of pyridine rings is 1. The van der Waals surface area contributed by atoms with Crippen LogP contribution in [0.15, 0.2) is 46.3 Å². The fourth-order valence-corrected chi connectivity index (χ4v) is 2.74. The molecule has 0 saturated heterocycles. The van der Waals surface area contributed by atoms with Crippen LogP contribution in [0.4, 0.5) is 5.69 Å². The van der Waals surface area contributed by atoms with Gasteiger partial charge in [0.25, 0.3) is 0 Å². The zero-order valence-corrected chi connectivity index (χ0v) is 12.6. The SMILES string of the molecule is CC(C)c1ccc(Sc2nc(Cl)ccc2[N+](=O)[O-])cc1. The molecule has 1 heterocycles. The van der Waals surface area contributed by atoms with E-state index in [-0.39, 0.29) is 10.8 Å². The van der Waals surface area contributed by atoms with E-state index in [4.69, 9.17) is 11.6 Å². The van der Waals surface area contributed by atoms with Crippen molar-refractivity contribution in [1.82, 2.24) is 4.98 Å². The first kappa shape index (κ1) is 14.8. The van der Waals surface area contributed by atoms with Gasteiger partial charge in [-0.25, -0.2) is 4.98 Å². The van der Waals surface area contributed by atoms with Crippen LogP contribution in [0.2, 0.25) is 5.15 Å². The van der Waals surface area contributed by atoms with Gasteiger partial charge in [0.2, 0.25) is 0 Å². The molecule has 6 heteroatoms. The molecule has 0 atom stereocenters. The van der Waals surface area contributed by atoms with Gasteiger partial charge in [-0.05, 0) is 29.7 Å². The summed E-state index contributed by atoms with van der Waals surface area (Å²) in [6.45, 7) is 4.23. The van der Waals surface area contributed by atoms with E-state index < -0.39 is 4.92 Å². The van der Waals surface area contributed by atoms with Gasteiger partial charge in [-0.1, -0.05) is 49.3 Å². The number of rotatable bonds is 4. The fraction of sp³-hybridized carbons (Fsp3) is 0.214. The lowest BCUT2D eigenvalue weighted by Gasteiger charge is -2.06. The summed E-state index contributed by atoms with van der Waals surface area (Å²) in [5, 5.41) is 11.5. The van der Waals surface area contributed by atoms with Gasteiger partial charge < -0.3 is 0 Å². The molecule has 0 radical (unpaired) electrons. The third-order valence-electron chi connectivity index (χ3n) is 2.76. The Kier molecular flexibility index (Phi) is 4.62. The second-order valence-electron chi connectivity index (χ2n) is 4.54. The Morgan fingerprint density at radius 3 is 2.40 bits per heavy atom. The minimum Gasteiger partial charge on any atom is -0.258 e. The summed E-state index contributed by atoms with van der Waals surface area (Å²) in [6.07, 6.45) is 0. The topological polar surface area (TPSA) is 56.0 Å². The second kappa shape index (κ2) is 6.24. The van der Waals surface area contributed by atoms with E-state index in [1.807, 2.05) is 24.3 Å². The zero-order valence-electron chi connectivity index (χ0n) is 11.0. The molecular formula is C14H13ClN2O2S. The highest BCUT2D eigenvalue weighted by Crippen LogP contribution is 2.34. The molecule has 2 aromatic rings. The van der Waals surface area contributed by atoms with Crippen LogP contribution < -0.4 is 0 Å². The minimum absolute atomic E-state index is 0.0349. The molecule has 2 rings (SSSR count). The first-order valence-corrected chi connectivity index (χ1v) is 7.25. The van der Waals surface area contributed by atoms with E-state index in [2.05, 4.69) is 18.8 Å². The molecule has 0 aliphatic rings. The first-order chi connectivity index (χ1) is 9.47. The van der Waals surface area contributed by atoms with Crippen LogP contribution >= 0.6 is 23.4 Å². The summed E-state index contributed by atoms with van der Waals surface area (Å²) in [6, 6.07) is 10.7. The maximum Gasteiger partial charge on any atom is 0.301 e. The van der Waals surface area contributed by atoms with Gasteiger partial charge in [0.05, 0.1) is 4.92 Å². The number of benzene rings is 1. The van der Waals surface area contributed by atoms with Gasteiger partial charge in [-0.2, -0.15) is 0 Å². The maximum atomic E-state index is 11.0. The number of nitro groups is 1. The quantitative estimate of drug-likeness (QED) is 0.457. The van der Waals surface area contributed by atoms with Crippen molar-refractivity contribution in [3.8, 4) is 0 Å². The highest BCUT2D eigenvalue weighted by Gasteiger charge is 2.17. The summed E-state index contributed by atoms with van der Waals surface area (Å²) >= 11 is 7.05. The van der Waals surface area contributed by atoms with E-state index in [9.17, 15) is 10.1 Å². The Balaban J connectivity index is 2.29. The Bertz CT molecular complexity index is 630. The molecule has 0 aliphatic carbocycles. The lowest BCUT2D eigenvalue weighted by molar-refractivity contribution is -0.388. The monoisotopic (exact) mass is 308 g/mol. The number of halogens is 1. The Morgan fingerprint density at radius 2 is 1.85 bits per heavy atom. The molecule has 4 nitrogen and oxygen atoms in total. The van der Waals surface area contributed by atoms with Crippen LogP contribution in [0.5, 0.6) is 0 Å². The summed E-state index contributed by atoms with van der Waals surface area (Å²) in [7, 11) is 0. The van der Waals surface area contributed by atoms with E-state index in [0.717, 1.165) is 4.90 Å². The van der Waals surface area contributed by atoms with Gasteiger partial charge >= 0.3 is 5.69 Å². The molecule has 1 aromatic carbocycles. The summed E-state index contributed by atoms with van der Waals surface area (Å²) < 4.78 is 0. The lowest BCUT2D eigenvalue weighted by atomic mass is 10.0. The van der Waals surface area contributed by atoms with E-state index in [0.29, 0.717) is 10.9 Å². The standard InChI is InChI=1S/C14H13ClN2O2S/c1-9(2)10-3-5-11(6-4-10)20-14-12(17(18)19)7-8-13(15)16-14/h3-9H,1-2H3.